The molecule has 6 nitrogen and oxygen atoms in total. The number of carbonyl (C=O) groups excluding carboxylic acids is 1. The van der Waals surface area contributed by atoms with Crippen LogP contribution in [0.4, 0.5) is 5.69 Å². The van der Waals surface area contributed by atoms with Crippen LogP contribution in [0.5, 0.6) is 5.75 Å². The van der Waals surface area contributed by atoms with Crippen molar-refractivity contribution in [3.8, 4) is 5.75 Å². The fourth-order valence-electron chi connectivity index (χ4n) is 2.83. The van der Waals surface area contributed by atoms with Crippen LogP contribution in [0.2, 0.25) is 0 Å². The molecule has 1 atom stereocenters. The Hall–Kier alpha value is -2.54. The van der Waals surface area contributed by atoms with Crippen LogP contribution >= 0.6 is 0 Å². The number of para-hydroxylation sites is 2. The van der Waals surface area contributed by atoms with E-state index < -0.39 is 22.0 Å². The van der Waals surface area contributed by atoms with Gasteiger partial charge in [0.15, 0.2) is 6.10 Å². The summed E-state index contributed by atoms with van der Waals surface area (Å²) in [5.74, 6) is -0.389. The fourth-order valence-corrected chi connectivity index (χ4v) is 4.31. The van der Waals surface area contributed by atoms with E-state index in [4.69, 9.17) is 10.5 Å². The first-order chi connectivity index (χ1) is 12.1. The lowest BCUT2D eigenvalue weighted by atomic mass is 9.87. The molecule has 1 aliphatic rings. The summed E-state index contributed by atoms with van der Waals surface area (Å²) in [7, 11) is -3.86. The Morgan fingerprint density at radius 2 is 1.73 bits per heavy atom. The predicted octanol–water partition coefficient (Wildman–Crippen LogP) is 2.43. The van der Waals surface area contributed by atoms with Crippen molar-refractivity contribution < 1.29 is 17.9 Å². The topological polar surface area (TPSA) is 89.7 Å². The summed E-state index contributed by atoms with van der Waals surface area (Å²) in [6.07, 6.45) is -1.03. The number of benzene rings is 2. The average molecular weight is 374 g/mol. The molecule has 7 heteroatoms. The van der Waals surface area contributed by atoms with Gasteiger partial charge in [0.2, 0.25) is 0 Å². The van der Waals surface area contributed by atoms with Gasteiger partial charge in [-0.15, -0.1) is 0 Å². The lowest BCUT2D eigenvalue weighted by Gasteiger charge is -2.34. The summed E-state index contributed by atoms with van der Waals surface area (Å²) >= 11 is 0. The molecule has 2 N–H and O–H groups in total. The van der Waals surface area contributed by atoms with Gasteiger partial charge in [0, 0.05) is 0 Å². The van der Waals surface area contributed by atoms with Crippen LogP contribution in [0.1, 0.15) is 26.3 Å². The molecule has 3 rings (SSSR count). The second-order valence-electron chi connectivity index (χ2n) is 7.29. The van der Waals surface area contributed by atoms with E-state index in [1.807, 2.05) is 12.1 Å². The number of sulfonamides is 1. The minimum atomic E-state index is -3.86. The smallest absolute Gasteiger partial charge is 0.264 e. The monoisotopic (exact) mass is 374 g/mol. The van der Waals surface area contributed by atoms with Gasteiger partial charge in [-0.05, 0) is 35.2 Å². The molecule has 26 heavy (non-hydrogen) atoms. The van der Waals surface area contributed by atoms with Crippen molar-refractivity contribution in [3.63, 3.8) is 0 Å². The zero-order valence-corrected chi connectivity index (χ0v) is 15.8. The number of rotatable bonds is 3. The molecular weight excluding hydrogens is 352 g/mol. The zero-order valence-electron chi connectivity index (χ0n) is 15.0. The Labute approximate surface area is 153 Å². The number of carbonyl (C=O) groups is 1. The molecule has 2 aromatic rings. The number of fused-ring (bicyclic) bond motifs is 1. The van der Waals surface area contributed by atoms with Gasteiger partial charge >= 0.3 is 0 Å². The molecule has 0 spiro atoms. The van der Waals surface area contributed by atoms with Crippen molar-refractivity contribution >= 4 is 21.6 Å². The third-order valence-electron chi connectivity index (χ3n) is 4.36. The highest BCUT2D eigenvalue weighted by molar-refractivity contribution is 7.92. The third kappa shape index (κ3) is 3.26. The molecule has 0 aromatic heterocycles. The molecule has 1 unspecified atom stereocenters. The summed E-state index contributed by atoms with van der Waals surface area (Å²) in [6.45, 7) is 6.03. The SMILES string of the molecule is CC(C)(C)c1ccc(S(=O)(=O)N2CC(C(N)=O)Oc3ccccc32)cc1. The lowest BCUT2D eigenvalue weighted by Crippen LogP contribution is -2.49. The van der Waals surface area contributed by atoms with Gasteiger partial charge in [-0.3, -0.25) is 9.10 Å². The van der Waals surface area contributed by atoms with E-state index in [1.54, 1.807) is 36.4 Å². The summed E-state index contributed by atoms with van der Waals surface area (Å²) in [5, 5.41) is 0. The van der Waals surface area contributed by atoms with Crippen LogP contribution in [0.25, 0.3) is 0 Å². The summed E-state index contributed by atoms with van der Waals surface area (Å²) in [4.78, 5) is 11.8. The maximum atomic E-state index is 13.2. The van der Waals surface area contributed by atoms with E-state index in [0.717, 1.165) is 5.56 Å². The van der Waals surface area contributed by atoms with Gasteiger partial charge in [-0.2, -0.15) is 0 Å². The maximum Gasteiger partial charge on any atom is 0.264 e. The maximum absolute atomic E-state index is 13.2. The van der Waals surface area contributed by atoms with Gasteiger partial charge in [-0.1, -0.05) is 45.0 Å². The van der Waals surface area contributed by atoms with Gasteiger partial charge in [0.25, 0.3) is 15.9 Å². The summed E-state index contributed by atoms with van der Waals surface area (Å²) < 4.78 is 33.1. The molecular formula is C19H22N2O4S. The number of nitrogens with zero attached hydrogens (tertiary/aromatic N) is 1. The Morgan fingerprint density at radius 3 is 2.31 bits per heavy atom. The van der Waals surface area contributed by atoms with Crippen LogP contribution in [-0.4, -0.2) is 27.0 Å². The normalized spacial score (nSPS) is 17.3. The molecule has 0 radical (unpaired) electrons. The Bertz CT molecular complexity index is 931. The number of ether oxygens (including phenoxy) is 1. The minimum absolute atomic E-state index is 0.0785. The van der Waals surface area contributed by atoms with Gasteiger partial charge in [0.05, 0.1) is 17.1 Å². The highest BCUT2D eigenvalue weighted by atomic mass is 32.2. The quantitative estimate of drug-likeness (QED) is 0.893. The molecule has 0 aliphatic carbocycles. The molecule has 1 heterocycles. The van der Waals surface area contributed by atoms with Crippen LogP contribution in [-0.2, 0) is 20.2 Å². The minimum Gasteiger partial charge on any atom is -0.476 e. The Kier molecular flexibility index (Phi) is 4.44. The molecule has 0 bridgehead atoms. The number of amides is 1. The highest BCUT2D eigenvalue weighted by Crippen LogP contribution is 2.37. The van der Waals surface area contributed by atoms with Gasteiger partial charge < -0.3 is 10.5 Å². The van der Waals surface area contributed by atoms with E-state index in [9.17, 15) is 13.2 Å². The van der Waals surface area contributed by atoms with E-state index >= 15 is 0 Å². The molecule has 0 fully saturated rings. The second kappa shape index (κ2) is 6.32. The number of nitrogens with two attached hydrogens (primary N) is 1. The van der Waals surface area contributed by atoms with Crippen molar-refractivity contribution in [2.75, 3.05) is 10.8 Å². The Morgan fingerprint density at radius 1 is 1.12 bits per heavy atom. The van der Waals surface area contributed by atoms with Crippen LogP contribution in [0.3, 0.4) is 0 Å². The number of hydrogen-bond donors (Lipinski definition) is 1. The van der Waals surface area contributed by atoms with E-state index in [0.29, 0.717) is 11.4 Å². The molecule has 138 valence electrons. The molecule has 0 saturated carbocycles. The molecule has 1 aliphatic heterocycles. The van der Waals surface area contributed by atoms with Crippen molar-refractivity contribution in [1.29, 1.82) is 0 Å². The van der Waals surface area contributed by atoms with Crippen molar-refractivity contribution in [1.82, 2.24) is 0 Å². The van der Waals surface area contributed by atoms with E-state index in [2.05, 4.69) is 20.8 Å². The number of anilines is 1. The van der Waals surface area contributed by atoms with Crippen molar-refractivity contribution in [3.05, 3.63) is 54.1 Å². The zero-order chi connectivity index (χ0) is 19.1. The van der Waals surface area contributed by atoms with Gasteiger partial charge in [0.1, 0.15) is 5.75 Å². The lowest BCUT2D eigenvalue weighted by molar-refractivity contribution is -0.124. The predicted molar refractivity (Wildman–Crippen MR) is 99.7 cm³/mol. The Balaban J connectivity index is 2.04. The number of hydrogen-bond acceptors (Lipinski definition) is 4. The first-order valence-electron chi connectivity index (χ1n) is 8.29. The molecule has 1 amide bonds. The highest BCUT2D eigenvalue weighted by Gasteiger charge is 2.36. The van der Waals surface area contributed by atoms with E-state index in [-0.39, 0.29) is 16.9 Å². The van der Waals surface area contributed by atoms with Crippen LogP contribution < -0.4 is 14.8 Å². The molecule has 0 saturated heterocycles. The standard InChI is InChI=1S/C19H22N2O4S/c1-19(2,3)13-8-10-14(11-9-13)26(23,24)21-12-17(18(20)22)25-16-7-5-4-6-15(16)21/h4-11,17H,12H2,1-3H3,(H2,20,22). The number of primary amides is 1. The van der Waals surface area contributed by atoms with Crippen LogP contribution in [0.15, 0.2) is 53.4 Å². The fraction of sp³-hybridized carbons (Fsp3) is 0.316. The third-order valence-corrected chi connectivity index (χ3v) is 6.15. The van der Waals surface area contributed by atoms with Crippen molar-refractivity contribution in [2.24, 2.45) is 5.73 Å². The molecule has 2 aromatic carbocycles. The summed E-state index contributed by atoms with van der Waals surface area (Å²) in [6, 6.07) is 13.5. The second-order valence-corrected chi connectivity index (χ2v) is 9.15. The van der Waals surface area contributed by atoms with Crippen molar-refractivity contribution in [2.45, 2.75) is 37.2 Å². The largest absolute Gasteiger partial charge is 0.476 e. The summed E-state index contributed by atoms with van der Waals surface area (Å²) in [5.41, 5.74) is 6.70. The first kappa shape index (κ1) is 18.3. The average Bonchev–Trinajstić information content (AvgIpc) is 2.60. The van der Waals surface area contributed by atoms with E-state index in [1.165, 1.54) is 4.31 Å². The van der Waals surface area contributed by atoms with Crippen LogP contribution in [0, 0.1) is 0 Å². The van der Waals surface area contributed by atoms with Gasteiger partial charge in [-0.25, -0.2) is 8.42 Å². The first-order valence-corrected chi connectivity index (χ1v) is 9.73.